The van der Waals surface area contributed by atoms with Crippen molar-refractivity contribution < 1.29 is 12.8 Å². The molecule has 0 saturated heterocycles. The summed E-state index contributed by atoms with van der Waals surface area (Å²) in [5.41, 5.74) is 6.84. The van der Waals surface area contributed by atoms with E-state index in [9.17, 15) is 12.8 Å². The second-order valence-corrected chi connectivity index (χ2v) is 6.92. The molecule has 0 aliphatic rings. The highest BCUT2D eigenvalue weighted by molar-refractivity contribution is 9.10. The minimum absolute atomic E-state index is 0.0150. The summed E-state index contributed by atoms with van der Waals surface area (Å²) in [6.45, 7) is 0. The van der Waals surface area contributed by atoms with Crippen LogP contribution in [0.5, 0.6) is 0 Å². The van der Waals surface area contributed by atoms with Crippen molar-refractivity contribution in [3.05, 3.63) is 46.7 Å². The van der Waals surface area contributed by atoms with Crippen molar-refractivity contribution >= 4 is 43.0 Å². The van der Waals surface area contributed by atoms with E-state index in [2.05, 4.69) is 26.0 Å². The zero-order chi connectivity index (χ0) is 15.6. The number of anilines is 3. The molecule has 4 N–H and O–H groups in total. The van der Waals surface area contributed by atoms with E-state index in [0.717, 1.165) is 0 Å². The van der Waals surface area contributed by atoms with Crippen LogP contribution in [0.25, 0.3) is 0 Å². The van der Waals surface area contributed by atoms with E-state index >= 15 is 0 Å². The van der Waals surface area contributed by atoms with Crippen LogP contribution in [0.4, 0.5) is 21.5 Å². The molecular formula is C13H13BrFN3O2S. The molecule has 5 nitrogen and oxygen atoms in total. The number of nitrogen functional groups attached to an aromatic ring is 1. The van der Waals surface area contributed by atoms with Crippen LogP contribution in [-0.4, -0.2) is 15.5 Å². The van der Waals surface area contributed by atoms with E-state index in [4.69, 9.17) is 5.73 Å². The molecule has 0 spiro atoms. The summed E-state index contributed by atoms with van der Waals surface area (Å²) >= 11 is 3.22. The minimum atomic E-state index is -3.67. The van der Waals surface area contributed by atoms with Crippen LogP contribution < -0.4 is 15.8 Å². The fraction of sp³-hybridized carbons (Fsp3) is 0.0769. The van der Waals surface area contributed by atoms with E-state index in [1.54, 1.807) is 12.1 Å². The maximum Gasteiger partial charge on any atom is 0.242 e. The van der Waals surface area contributed by atoms with E-state index in [1.165, 1.54) is 31.3 Å². The summed E-state index contributed by atoms with van der Waals surface area (Å²) in [5, 5.41) is 2.95. The first-order valence-electron chi connectivity index (χ1n) is 5.88. The van der Waals surface area contributed by atoms with Gasteiger partial charge in [-0.25, -0.2) is 17.5 Å². The number of hydrogen-bond acceptors (Lipinski definition) is 4. The lowest BCUT2D eigenvalue weighted by molar-refractivity contribution is 0.588. The maximum absolute atomic E-state index is 13.1. The lowest BCUT2D eigenvalue weighted by Crippen LogP contribution is -2.20. The smallest absolute Gasteiger partial charge is 0.242 e. The zero-order valence-electron chi connectivity index (χ0n) is 11.0. The third-order valence-corrected chi connectivity index (χ3v) is 4.87. The standard InChI is InChI=1S/C13H13BrFN3O2S/c1-17-21(19,20)13-7-9(16)3-5-12(13)18-11-4-2-8(15)6-10(11)14/h2-7,17-18H,16H2,1H3. The topological polar surface area (TPSA) is 84.2 Å². The molecule has 0 radical (unpaired) electrons. The summed E-state index contributed by atoms with van der Waals surface area (Å²) in [4.78, 5) is 0.0150. The summed E-state index contributed by atoms with van der Waals surface area (Å²) in [5.74, 6) is -0.396. The Morgan fingerprint density at radius 2 is 1.81 bits per heavy atom. The molecule has 0 amide bonds. The van der Waals surface area contributed by atoms with Crippen molar-refractivity contribution in [1.29, 1.82) is 0 Å². The van der Waals surface area contributed by atoms with E-state index in [1.807, 2.05) is 0 Å². The number of rotatable bonds is 4. The molecule has 0 aliphatic heterocycles. The van der Waals surface area contributed by atoms with Crippen LogP contribution in [0.2, 0.25) is 0 Å². The molecule has 0 bridgehead atoms. The van der Waals surface area contributed by atoms with E-state index < -0.39 is 15.8 Å². The normalized spacial score (nSPS) is 11.4. The van der Waals surface area contributed by atoms with Gasteiger partial charge in [-0.05, 0) is 59.4 Å². The molecule has 112 valence electrons. The summed E-state index contributed by atoms with van der Waals surface area (Å²) in [6, 6.07) is 8.55. The van der Waals surface area contributed by atoms with Gasteiger partial charge in [-0.15, -0.1) is 0 Å². The SMILES string of the molecule is CNS(=O)(=O)c1cc(N)ccc1Nc1ccc(F)cc1Br. The summed E-state index contributed by atoms with van der Waals surface area (Å²) in [7, 11) is -2.36. The van der Waals surface area contributed by atoms with Gasteiger partial charge in [0.1, 0.15) is 10.7 Å². The fourth-order valence-electron chi connectivity index (χ4n) is 1.71. The van der Waals surface area contributed by atoms with Crippen molar-refractivity contribution in [3.63, 3.8) is 0 Å². The predicted octanol–water partition coefficient (Wildman–Crippen LogP) is 2.82. The number of benzene rings is 2. The van der Waals surface area contributed by atoms with Gasteiger partial charge in [0, 0.05) is 10.2 Å². The van der Waals surface area contributed by atoms with Crippen molar-refractivity contribution in [2.75, 3.05) is 18.1 Å². The largest absolute Gasteiger partial charge is 0.399 e. The van der Waals surface area contributed by atoms with Crippen molar-refractivity contribution in [3.8, 4) is 0 Å². The third kappa shape index (κ3) is 3.52. The van der Waals surface area contributed by atoms with Gasteiger partial charge in [0.05, 0.1) is 11.4 Å². The molecular weight excluding hydrogens is 361 g/mol. The van der Waals surface area contributed by atoms with Crippen molar-refractivity contribution in [1.82, 2.24) is 4.72 Å². The number of nitrogens with one attached hydrogen (secondary N) is 2. The third-order valence-electron chi connectivity index (χ3n) is 2.76. The first kappa shape index (κ1) is 15.7. The molecule has 0 aliphatic carbocycles. The number of nitrogens with two attached hydrogens (primary N) is 1. The second-order valence-electron chi connectivity index (χ2n) is 4.21. The van der Waals surface area contributed by atoms with Gasteiger partial charge < -0.3 is 11.1 Å². The first-order valence-corrected chi connectivity index (χ1v) is 8.16. The Hall–Kier alpha value is -1.64. The summed E-state index contributed by atoms with van der Waals surface area (Å²) in [6.07, 6.45) is 0. The molecule has 0 aromatic heterocycles. The molecule has 0 saturated carbocycles. The Morgan fingerprint density at radius 3 is 2.43 bits per heavy atom. The highest BCUT2D eigenvalue weighted by atomic mass is 79.9. The Balaban J connectivity index is 2.50. The lowest BCUT2D eigenvalue weighted by Gasteiger charge is -2.14. The van der Waals surface area contributed by atoms with Gasteiger partial charge >= 0.3 is 0 Å². The number of hydrogen-bond donors (Lipinski definition) is 3. The Bertz CT molecular complexity index is 781. The molecule has 8 heteroatoms. The van der Waals surface area contributed by atoms with Crippen LogP contribution in [-0.2, 0) is 10.0 Å². The van der Waals surface area contributed by atoms with Crippen LogP contribution in [0.3, 0.4) is 0 Å². The van der Waals surface area contributed by atoms with Gasteiger partial charge in [0.2, 0.25) is 10.0 Å². The number of sulfonamides is 1. The maximum atomic E-state index is 13.1. The van der Waals surface area contributed by atoms with E-state index in [-0.39, 0.29) is 4.90 Å². The van der Waals surface area contributed by atoms with Gasteiger partial charge in [0.15, 0.2) is 0 Å². The average Bonchev–Trinajstić information content (AvgIpc) is 2.43. The van der Waals surface area contributed by atoms with Gasteiger partial charge in [-0.3, -0.25) is 0 Å². The molecule has 0 heterocycles. The molecule has 0 unspecified atom stereocenters. The highest BCUT2D eigenvalue weighted by Crippen LogP contribution is 2.31. The zero-order valence-corrected chi connectivity index (χ0v) is 13.4. The molecule has 2 aromatic carbocycles. The van der Waals surface area contributed by atoms with Crippen molar-refractivity contribution in [2.24, 2.45) is 0 Å². The lowest BCUT2D eigenvalue weighted by atomic mass is 10.2. The van der Waals surface area contributed by atoms with Crippen LogP contribution in [0, 0.1) is 5.82 Å². The first-order chi connectivity index (χ1) is 9.83. The molecule has 2 rings (SSSR count). The van der Waals surface area contributed by atoms with Gasteiger partial charge in [0.25, 0.3) is 0 Å². The van der Waals surface area contributed by atoms with E-state index in [0.29, 0.717) is 21.5 Å². The highest BCUT2D eigenvalue weighted by Gasteiger charge is 2.17. The number of halogens is 2. The van der Waals surface area contributed by atoms with Crippen molar-refractivity contribution in [2.45, 2.75) is 4.90 Å². The fourth-order valence-corrected chi connectivity index (χ4v) is 3.08. The Kier molecular flexibility index (Phi) is 4.50. The molecule has 0 atom stereocenters. The van der Waals surface area contributed by atoms with Gasteiger partial charge in [-0.2, -0.15) is 0 Å². The van der Waals surface area contributed by atoms with Crippen LogP contribution in [0.1, 0.15) is 0 Å². The van der Waals surface area contributed by atoms with Crippen LogP contribution in [0.15, 0.2) is 45.8 Å². The minimum Gasteiger partial charge on any atom is -0.399 e. The summed E-state index contributed by atoms with van der Waals surface area (Å²) < 4.78 is 39.9. The Labute approximate surface area is 130 Å². The predicted molar refractivity (Wildman–Crippen MR) is 84.5 cm³/mol. The average molecular weight is 374 g/mol. The monoisotopic (exact) mass is 373 g/mol. The quantitative estimate of drug-likeness (QED) is 0.719. The molecule has 21 heavy (non-hydrogen) atoms. The Morgan fingerprint density at radius 1 is 1.14 bits per heavy atom. The second kappa shape index (κ2) is 6.00. The molecule has 2 aromatic rings. The van der Waals surface area contributed by atoms with Crippen LogP contribution >= 0.6 is 15.9 Å². The molecule has 0 fully saturated rings. The van der Waals surface area contributed by atoms with Gasteiger partial charge in [-0.1, -0.05) is 0 Å².